The van der Waals surface area contributed by atoms with E-state index >= 15 is 4.39 Å². The summed E-state index contributed by atoms with van der Waals surface area (Å²) in [4.78, 5) is 38.2. The predicted molar refractivity (Wildman–Crippen MR) is 147 cm³/mol. The van der Waals surface area contributed by atoms with E-state index in [0.717, 1.165) is 17.2 Å². The van der Waals surface area contributed by atoms with Gasteiger partial charge in [0, 0.05) is 28.8 Å². The van der Waals surface area contributed by atoms with Gasteiger partial charge in [-0.2, -0.15) is 5.10 Å². The number of alkyl carbamates (subject to hydrolysis) is 1. The molecule has 0 fully saturated rings. The van der Waals surface area contributed by atoms with Gasteiger partial charge in [-0.1, -0.05) is 60.7 Å². The molecule has 4 rings (SSSR count). The van der Waals surface area contributed by atoms with E-state index in [1.165, 1.54) is 24.4 Å². The number of hydrogen-bond donors (Lipinski definition) is 3. The summed E-state index contributed by atoms with van der Waals surface area (Å²) in [7, 11) is 0. The maximum atomic E-state index is 15.0. The fourth-order valence-electron chi connectivity index (χ4n) is 4.20. The van der Waals surface area contributed by atoms with Crippen molar-refractivity contribution >= 4 is 17.7 Å². The van der Waals surface area contributed by atoms with E-state index in [1.54, 1.807) is 20.8 Å². The number of anilines is 1. The van der Waals surface area contributed by atoms with Gasteiger partial charge in [0.05, 0.1) is 6.20 Å². The van der Waals surface area contributed by atoms with Crippen molar-refractivity contribution in [1.29, 1.82) is 0 Å². The Morgan fingerprint density at radius 2 is 1.54 bits per heavy atom. The Morgan fingerprint density at radius 1 is 0.923 bits per heavy atom. The minimum Gasteiger partial charge on any atom is -0.444 e. The highest BCUT2D eigenvalue weighted by Gasteiger charge is 2.34. The molecule has 0 unspecified atom stereocenters. The van der Waals surface area contributed by atoms with Crippen LogP contribution in [0.25, 0.3) is 11.1 Å². The zero-order chi connectivity index (χ0) is 28.0. The van der Waals surface area contributed by atoms with Gasteiger partial charge >= 0.3 is 6.09 Å². The van der Waals surface area contributed by atoms with Crippen molar-refractivity contribution in [2.24, 2.45) is 0 Å². The van der Waals surface area contributed by atoms with Crippen LogP contribution in [0.3, 0.4) is 0 Å². The van der Waals surface area contributed by atoms with Crippen LogP contribution in [-0.2, 0) is 9.53 Å². The summed E-state index contributed by atoms with van der Waals surface area (Å²) in [6.07, 6.45) is 0.575. The first-order valence-corrected chi connectivity index (χ1v) is 12.4. The van der Waals surface area contributed by atoms with Crippen LogP contribution in [0.15, 0.2) is 95.9 Å². The molecule has 200 valence electrons. The Balaban J connectivity index is 1.69. The number of amides is 2. The smallest absolute Gasteiger partial charge is 0.408 e. The van der Waals surface area contributed by atoms with Crippen LogP contribution in [-0.4, -0.2) is 33.8 Å². The lowest BCUT2D eigenvalue weighted by atomic mass is 9.84. The number of ether oxygens (including phenoxy) is 1. The normalized spacial score (nSPS) is 12.0. The molecule has 1 heterocycles. The Labute approximate surface area is 225 Å². The molecule has 9 heteroatoms. The monoisotopic (exact) mass is 528 g/mol. The number of rotatable bonds is 7. The SMILES string of the molecule is CC(C)(C)OC(=O)N[C@H](C(=O)Nc1ccc(-c2cn[nH]c(=O)c2)c(F)c1)C(c1ccccc1)c1ccccc1. The summed E-state index contributed by atoms with van der Waals surface area (Å²) in [5, 5.41) is 11.4. The molecular weight excluding hydrogens is 499 g/mol. The molecule has 0 spiro atoms. The highest BCUT2D eigenvalue weighted by atomic mass is 19.1. The topological polar surface area (TPSA) is 113 Å². The van der Waals surface area contributed by atoms with Crippen molar-refractivity contribution in [3.63, 3.8) is 0 Å². The van der Waals surface area contributed by atoms with Gasteiger partial charge in [0.15, 0.2) is 0 Å². The minimum atomic E-state index is -1.11. The molecule has 0 radical (unpaired) electrons. The zero-order valence-electron chi connectivity index (χ0n) is 21.8. The molecule has 2 amide bonds. The Kier molecular flexibility index (Phi) is 8.19. The first kappa shape index (κ1) is 27.3. The van der Waals surface area contributed by atoms with E-state index in [9.17, 15) is 14.4 Å². The molecule has 3 N–H and O–H groups in total. The van der Waals surface area contributed by atoms with E-state index in [-0.39, 0.29) is 11.3 Å². The molecule has 4 aromatic rings. The molecule has 0 bridgehead atoms. The van der Waals surface area contributed by atoms with Gasteiger partial charge in [-0.3, -0.25) is 9.59 Å². The molecule has 1 aromatic heterocycles. The van der Waals surface area contributed by atoms with E-state index in [1.807, 2.05) is 60.7 Å². The molecule has 1 atom stereocenters. The number of hydrogen-bond acceptors (Lipinski definition) is 5. The van der Waals surface area contributed by atoms with Gasteiger partial charge in [-0.25, -0.2) is 14.3 Å². The fourth-order valence-corrected chi connectivity index (χ4v) is 4.20. The second-order valence-corrected chi connectivity index (χ2v) is 9.94. The Hall–Kier alpha value is -4.79. The summed E-state index contributed by atoms with van der Waals surface area (Å²) >= 11 is 0. The van der Waals surface area contributed by atoms with E-state index < -0.39 is 40.9 Å². The molecule has 39 heavy (non-hydrogen) atoms. The summed E-state index contributed by atoms with van der Waals surface area (Å²) in [5.41, 5.74) is 0.968. The van der Waals surface area contributed by atoms with Crippen molar-refractivity contribution in [2.75, 3.05) is 5.32 Å². The predicted octanol–water partition coefficient (Wildman–Crippen LogP) is 5.24. The number of H-pyrrole nitrogens is 1. The third-order valence-electron chi connectivity index (χ3n) is 5.82. The van der Waals surface area contributed by atoms with Gasteiger partial charge in [0.1, 0.15) is 17.5 Å². The van der Waals surface area contributed by atoms with Crippen molar-refractivity contribution in [1.82, 2.24) is 15.5 Å². The highest BCUT2D eigenvalue weighted by molar-refractivity contribution is 5.98. The lowest BCUT2D eigenvalue weighted by molar-refractivity contribution is -0.118. The molecular formula is C30H29FN4O4. The second-order valence-electron chi connectivity index (χ2n) is 9.94. The maximum Gasteiger partial charge on any atom is 0.408 e. The van der Waals surface area contributed by atoms with Crippen molar-refractivity contribution in [2.45, 2.75) is 38.3 Å². The van der Waals surface area contributed by atoms with Crippen molar-refractivity contribution in [3.05, 3.63) is 118 Å². The first-order chi connectivity index (χ1) is 18.6. The number of carbonyl (C=O) groups excluding carboxylic acids is 2. The third kappa shape index (κ3) is 7.16. The number of aromatic nitrogens is 2. The van der Waals surface area contributed by atoms with Crippen LogP contribution >= 0.6 is 0 Å². The van der Waals surface area contributed by atoms with E-state index in [0.29, 0.717) is 5.56 Å². The van der Waals surface area contributed by atoms with Gasteiger partial charge < -0.3 is 15.4 Å². The standard InChI is InChI=1S/C30H29FN4O4/c1-30(2,3)39-29(38)34-27(26(19-10-6-4-7-11-19)20-12-8-5-9-13-20)28(37)33-22-14-15-23(24(31)17-22)21-16-25(36)35-32-18-21/h4-18,26-27H,1-3H3,(H,33,37)(H,34,38)(H,35,36)/t27-/m0/s1. The van der Waals surface area contributed by atoms with Crippen LogP contribution in [0.4, 0.5) is 14.9 Å². The number of nitrogens with zero attached hydrogens (tertiary/aromatic N) is 1. The lowest BCUT2D eigenvalue weighted by Gasteiger charge is -2.29. The van der Waals surface area contributed by atoms with Crippen LogP contribution in [0, 0.1) is 5.82 Å². The van der Waals surface area contributed by atoms with Crippen LogP contribution in [0.5, 0.6) is 0 Å². The summed E-state index contributed by atoms with van der Waals surface area (Å²) in [6, 6.07) is 22.9. The third-order valence-corrected chi connectivity index (χ3v) is 5.82. The molecule has 0 saturated carbocycles. The van der Waals surface area contributed by atoms with E-state index in [2.05, 4.69) is 20.8 Å². The summed E-state index contributed by atoms with van der Waals surface area (Å²) in [6.45, 7) is 5.19. The van der Waals surface area contributed by atoms with Crippen LogP contribution in [0.1, 0.15) is 37.8 Å². The Morgan fingerprint density at radius 3 is 2.08 bits per heavy atom. The van der Waals surface area contributed by atoms with Gasteiger partial charge in [0.2, 0.25) is 5.91 Å². The molecule has 0 aliphatic rings. The van der Waals surface area contributed by atoms with Crippen LogP contribution < -0.4 is 16.2 Å². The minimum absolute atomic E-state index is 0.154. The summed E-state index contributed by atoms with van der Waals surface area (Å²) < 4.78 is 20.5. The van der Waals surface area contributed by atoms with Gasteiger partial charge in [0.25, 0.3) is 5.56 Å². The van der Waals surface area contributed by atoms with Gasteiger partial charge in [-0.15, -0.1) is 0 Å². The largest absolute Gasteiger partial charge is 0.444 e. The zero-order valence-corrected chi connectivity index (χ0v) is 21.8. The van der Waals surface area contributed by atoms with Crippen molar-refractivity contribution in [3.8, 4) is 11.1 Å². The highest BCUT2D eigenvalue weighted by Crippen LogP contribution is 2.30. The molecule has 3 aromatic carbocycles. The second kappa shape index (κ2) is 11.7. The van der Waals surface area contributed by atoms with E-state index in [4.69, 9.17) is 4.74 Å². The van der Waals surface area contributed by atoms with Crippen LogP contribution in [0.2, 0.25) is 0 Å². The molecule has 0 aliphatic heterocycles. The Bertz CT molecular complexity index is 1460. The number of aromatic amines is 1. The fraction of sp³-hybridized carbons (Fsp3) is 0.200. The number of carbonyl (C=O) groups is 2. The molecule has 8 nitrogen and oxygen atoms in total. The summed E-state index contributed by atoms with van der Waals surface area (Å²) in [5.74, 6) is -1.80. The molecule has 0 saturated heterocycles. The van der Waals surface area contributed by atoms with Crippen molar-refractivity contribution < 1.29 is 18.7 Å². The average molecular weight is 529 g/mol. The average Bonchev–Trinajstić information content (AvgIpc) is 2.88. The molecule has 0 aliphatic carbocycles. The number of benzene rings is 3. The first-order valence-electron chi connectivity index (χ1n) is 12.4. The van der Waals surface area contributed by atoms with Gasteiger partial charge in [-0.05, 0) is 50.1 Å². The quantitative estimate of drug-likeness (QED) is 0.304. The number of nitrogens with one attached hydrogen (secondary N) is 3. The number of halogens is 1. The lowest BCUT2D eigenvalue weighted by Crippen LogP contribution is -2.49. The maximum absolute atomic E-state index is 15.0.